The van der Waals surface area contributed by atoms with E-state index < -0.39 is 5.97 Å². The van der Waals surface area contributed by atoms with E-state index in [9.17, 15) is 14.4 Å². The molecule has 0 unspecified atom stereocenters. The molecular weight excluding hydrogens is 412 g/mol. The Labute approximate surface area is 186 Å². The summed E-state index contributed by atoms with van der Waals surface area (Å²) in [6, 6.07) is 5.48. The molecular formula is C24H28N2O6. The second kappa shape index (κ2) is 8.09. The summed E-state index contributed by atoms with van der Waals surface area (Å²) in [7, 11) is 1.58. The molecule has 1 atom stereocenters. The SMILES string of the molecule is COCc1cc2c(cc1OCCC(=O)O)[C@H]1CCC(C)(C)N1n1cc(C(C)=O)c(=O)cc1-2. The minimum atomic E-state index is -0.922. The van der Waals surface area contributed by atoms with Crippen LogP contribution in [0.3, 0.4) is 0 Å². The highest BCUT2D eigenvalue weighted by molar-refractivity contribution is 5.94. The lowest BCUT2D eigenvalue weighted by Crippen LogP contribution is -2.50. The Morgan fingerprint density at radius 2 is 2.00 bits per heavy atom. The van der Waals surface area contributed by atoms with Gasteiger partial charge in [-0.05, 0) is 51.3 Å². The molecule has 2 aliphatic heterocycles. The minimum absolute atomic E-state index is 0.0354. The van der Waals surface area contributed by atoms with Crippen LogP contribution in [0.1, 0.15) is 67.6 Å². The van der Waals surface area contributed by atoms with Crippen molar-refractivity contribution in [1.29, 1.82) is 0 Å². The Kier molecular flexibility index (Phi) is 5.58. The molecule has 170 valence electrons. The van der Waals surface area contributed by atoms with Gasteiger partial charge in [-0.2, -0.15) is 0 Å². The molecule has 0 radical (unpaired) electrons. The summed E-state index contributed by atoms with van der Waals surface area (Å²) in [5, 5.41) is 11.2. The number of aromatic nitrogens is 1. The van der Waals surface area contributed by atoms with Gasteiger partial charge in [0.1, 0.15) is 5.75 Å². The van der Waals surface area contributed by atoms with Crippen LogP contribution in [0.25, 0.3) is 11.3 Å². The zero-order valence-electron chi connectivity index (χ0n) is 18.8. The van der Waals surface area contributed by atoms with E-state index >= 15 is 0 Å². The first-order valence-electron chi connectivity index (χ1n) is 10.7. The van der Waals surface area contributed by atoms with Crippen LogP contribution in [0.15, 0.2) is 29.2 Å². The van der Waals surface area contributed by atoms with Crippen molar-refractivity contribution >= 4 is 11.8 Å². The number of ether oxygens (including phenoxy) is 2. The van der Waals surface area contributed by atoms with Gasteiger partial charge in [-0.15, -0.1) is 0 Å². The predicted molar refractivity (Wildman–Crippen MR) is 119 cm³/mol. The number of rotatable bonds is 7. The van der Waals surface area contributed by atoms with Gasteiger partial charge in [-0.1, -0.05) is 0 Å². The van der Waals surface area contributed by atoms with E-state index in [0.717, 1.165) is 35.2 Å². The highest BCUT2D eigenvalue weighted by atomic mass is 16.5. The van der Waals surface area contributed by atoms with Gasteiger partial charge in [0.25, 0.3) is 0 Å². The van der Waals surface area contributed by atoms with Crippen molar-refractivity contribution in [2.24, 2.45) is 0 Å². The highest BCUT2D eigenvalue weighted by Crippen LogP contribution is 2.49. The maximum atomic E-state index is 12.7. The molecule has 0 bridgehead atoms. The Morgan fingerprint density at radius 3 is 2.66 bits per heavy atom. The first-order chi connectivity index (χ1) is 15.1. The molecule has 0 aliphatic carbocycles. The Bertz CT molecular complexity index is 1150. The monoisotopic (exact) mass is 440 g/mol. The van der Waals surface area contributed by atoms with Gasteiger partial charge in [0.2, 0.25) is 0 Å². The number of benzene rings is 1. The molecule has 1 aromatic heterocycles. The fourth-order valence-electron chi connectivity index (χ4n) is 4.83. The van der Waals surface area contributed by atoms with Crippen molar-refractivity contribution < 1.29 is 24.2 Å². The molecule has 32 heavy (non-hydrogen) atoms. The summed E-state index contributed by atoms with van der Waals surface area (Å²) in [5.41, 5.74) is 3.09. The molecule has 0 saturated carbocycles. The van der Waals surface area contributed by atoms with Crippen LogP contribution in [0, 0.1) is 0 Å². The van der Waals surface area contributed by atoms with Crippen molar-refractivity contribution in [2.75, 3.05) is 18.7 Å². The number of carbonyl (C=O) groups is 2. The van der Waals surface area contributed by atoms with Gasteiger partial charge in [0, 0.05) is 30.5 Å². The standard InChI is InChI=1S/C24H28N2O6/c1-14(27)18-12-25-20(11-21(18)28)16-9-15(13-31-4)22(32-8-6-23(29)30)10-17(16)19-5-7-24(2,3)26(19)25/h9-12,19H,5-8,13H2,1-4H3,(H,29,30)/t19-/m1/s1. The molecule has 1 saturated heterocycles. The van der Waals surface area contributed by atoms with Crippen molar-refractivity contribution in [2.45, 2.75) is 58.2 Å². The highest BCUT2D eigenvalue weighted by Gasteiger charge is 2.45. The van der Waals surface area contributed by atoms with E-state index in [4.69, 9.17) is 14.6 Å². The number of carboxylic acids is 1. The van der Waals surface area contributed by atoms with Gasteiger partial charge >= 0.3 is 5.97 Å². The van der Waals surface area contributed by atoms with Crippen LogP contribution in [-0.2, 0) is 16.1 Å². The first-order valence-corrected chi connectivity index (χ1v) is 10.7. The average molecular weight is 440 g/mol. The van der Waals surface area contributed by atoms with Crippen LogP contribution in [0.2, 0.25) is 0 Å². The number of methoxy groups -OCH3 is 1. The van der Waals surface area contributed by atoms with E-state index in [2.05, 4.69) is 18.9 Å². The predicted octanol–water partition coefficient (Wildman–Crippen LogP) is 3.28. The summed E-state index contributed by atoms with van der Waals surface area (Å²) in [4.78, 5) is 35.7. The number of pyridine rings is 1. The van der Waals surface area contributed by atoms with E-state index in [1.54, 1.807) is 13.3 Å². The Hall–Kier alpha value is -3.13. The number of nitrogens with zero attached hydrogens (tertiary/aromatic N) is 2. The second-order valence-electron chi connectivity index (χ2n) is 9.02. The molecule has 2 aromatic rings. The molecule has 4 rings (SSSR count). The van der Waals surface area contributed by atoms with E-state index in [0.29, 0.717) is 5.75 Å². The van der Waals surface area contributed by atoms with E-state index in [1.165, 1.54) is 13.0 Å². The summed E-state index contributed by atoms with van der Waals surface area (Å²) >= 11 is 0. The largest absolute Gasteiger partial charge is 0.493 e. The fraction of sp³-hybridized carbons (Fsp3) is 0.458. The second-order valence-corrected chi connectivity index (χ2v) is 9.02. The van der Waals surface area contributed by atoms with Crippen molar-refractivity contribution in [3.63, 3.8) is 0 Å². The molecule has 0 amide bonds. The van der Waals surface area contributed by atoms with Crippen LogP contribution in [-0.4, -0.2) is 40.8 Å². The number of carbonyl (C=O) groups excluding carboxylic acids is 1. The van der Waals surface area contributed by atoms with Gasteiger partial charge in [0.15, 0.2) is 11.2 Å². The topological polar surface area (TPSA) is 98.1 Å². The van der Waals surface area contributed by atoms with Gasteiger partial charge in [-0.25, -0.2) is 0 Å². The Balaban J connectivity index is 1.92. The van der Waals surface area contributed by atoms with E-state index in [1.807, 2.05) is 16.8 Å². The van der Waals surface area contributed by atoms with Crippen molar-refractivity contribution in [1.82, 2.24) is 4.68 Å². The maximum absolute atomic E-state index is 12.7. The number of Topliss-reactive ketones (excluding diaryl/α,β-unsaturated/α-hetero) is 1. The quantitative estimate of drug-likeness (QED) is 0.660. The third-order valence-electron chi connectivity index (χ3n) is 6.33. The number of carboxylic acid groups (broad SMARTS) is 1. The third-order valence-corrected chi connectivity index (χ3v) is 6.33. The zero-order valence-corrected chi connectivity index (χ0v) is 18.8. The Morgan fingerprint density at radius 1 is 1.25 bits per heavy atom. The molecule has 3 heterocycles. The number of hydrogen-bond donors (Lipinski definition) is 1. The lowest BCUT2D eigenvalue weighted by molar-refractivity contribution is -0.137. The fourth-order valence-corrected chi connectivity index (χ4v) is 4.83. The number of aliphatic carboxylic acids is 1. The number of hydrogen-bond acceptors (Lipinski definition) is 6. The molecule has 1 N–H and O–H groups in total. The van der Waals surface area contributed by atoms with Crippen molar-refractivity contribution in [3.8, 4) is 17.0 Å². The van der Waals surface area contributed by atoms with Gasteiger partial charge in [0.05, 0.1) is 42.5 Å². The maximum Gasteiger partial charge on any atom is 0.306 e. The zero-order chi connectivity index (χ0) is 23.2. The molecule has 2 aliphatic rings. The normalized spacial score (nSPS) is 18.0. The van der Waals surface area contributed by atoms with E-state index in [-0.39, 0.29) is 48.0 Å². The molecule has 8 heteroatoms. The van der Waals surface area contributed by atoms with Gasteiger partial charge < -0.3 is 14.6 Å². The molecule has 8 nitrogen and oxygen atoms in total. The summed E-state index contributed by atoms with van der Waals surface area (Å²) < 4.78 is 13.1. The lowest BCUT2D eigenvalue weighted by Gasteiger charge is -2.44. The summed E-state index contributed by atoms with van der Waals surface area (Å²) in [5.74, 6) is -0.589. The number of ketones is 1. The average Bonchev–Trinajstić information content (AvgIpc) is 3.03. The van der Waals surface area contributed by atoms with Crippen LogP contribution in [0.4, 0.5) is 0 Å². The smallest absolute Gasteiger partial charge is 0.306 e. The third kappa shape index (κ3) is 3.68. The lowest BCUT2D eigenvalue weighted by atomic mass is 9.92. The number of fused-ring (bicyclic) bond motifs is 6. The van der Waals surface area contributed by atoms with Crippen molar-refractivity contribution in [3.05, 3.63) is 51.3 Å². The molecule has 0 spiro atoms. The first kappa shape index (κ1) is 22.1. The van der Waals surface area contributed by atoms with Gasteiger partial charge in [-0.3, -0.25) is 24.1 Å². The molecule has 1 aromatic carbocycles. The van der Waals surface area contributed by atoms with Crippen LogP contribution >= 0.6 is 0 Å². The molecule has 1 fully saturated rings. The van der Waals surface area contributed by atoms with Crippen LogP contribution < -0.4 is 15.2 Å². The summed E-state index contributed by atoms with van der Waals surface area (Å²) in [6.07, 6.45) is 3.40. The van der Waals surface area contributed by atoms with Crippen LogP contribution in [0.5, 0.6) is 5.75 Å². The summed E-state index contributed by atoms with van der Waals surface area (Å²) in [6.45, 7) is 6.05. The minimum Gasteiger partial charge on any atom is -0.493 e.